The summed E-state index contributed by atoms with van der Waals surface area (Å²) in [5, 5.41) is 16.9. The Labute approximate surface area is 356 Å². The Morgan fingerprint density at radius 2 is 1.84 bits per heavy atom. The summed E-state index contributed by atoms with van der Waals surface area (Å²) in [6, 6.07) is 14.0. The highest BCUT2D eigenvalue weighted by Gasteiger charge is 2.48. The molecule has 15 nitrogen and oxygen atoms in total. The topological polar surface area (TPSA) is 163 Å². The van der Waals surface area contributed by atoms with Gasteiger partial charge in [-0.05, 0) is 81.3 Å². The molecule has 5 heterocycles. The maximum absolute atomic E-state index is 14.4. The summed E-state index contributed by atoms with van der Waals surface area (Å²) in [6.45, 7) is 6.49. The van der Waals surface area contributed by atoms with Gasteiger partial charge in [0.1, 0.15) is 23.2 Å². The first kappa shape index (κ1) is 43.5. The van der Waals surface area contributed by atoms with Crippen LogP contribution < -0.4 is 25.2 Å². The molecule has 1 spiro atoms. The highest BCUT2D eigenvalue weighted by Crippen LogP contribution is 2.39. The van der Waals surface area contributed by atoms with Crippen LogP contribution in [0, 0.1) is 23.0 Å². The number of urea groups is 1. The van der Waals surface area contributed by atoms with Crippen molar-refractivity contribution in [2.24, 2.45) is 14.1 Å². The predicted molar refractivity (Wildman–Crippen MR) is 230 cm³/mol. The van der Waals surface area contributed by atoms with Crippen LogP contribution in [0.4, 0.5) is 25.1 Å². The van der Waals surface area contributed by atoms with E-state index in [1.54, 1.807) is 37.0 Å². The second-order valence-corrected chi connectivity index (χ2v) is 16.7. The number of nitrogens with zero attached hydrogens (tertiary/aromatic N) is 8. The lowest BCUT2D eigenvalue weighted by atomic mass is 9.85. The van der Waals surface area contributed by atoms with Crippen molar-refractivity contribution in [1.82, 2.24) is 33.9 Å². The van der Waals surface area contributed by atoms with Crippen molar-refractivity contribution in [2.45, 2.75) is 69.9 Å². The third kappa shape index (κ3) is 9.81. The zero-order chi connectivity index (χ0) is 43.3. The van der Waals surface area contributed by atoms with E-state index in [0.29, 0.717) is 33.4 Å². The van der Waals surface area contributed by atoms with Gasteiger partial charge in [0.05, 0.1) is 34.0 Å². The summed E-state index contributed by atoms with van der Waals surface area (Å²) >= 11 is 1.29. The zero-order valence-corrected chi connectivity index (χ0v) is 35.6. The number of likely N-dealkylation sites (tertiary alicyclic amines) is 1. The van der Waals surface area contributed by atoms with Gasteiger partial charge in [-0.2, -0.15) is 10.4 Å². The Kier molecular flexibility index (Phi) is 13.5. The average Bonchev–Trinajstić information content (AvgIpc) is 3.87. The summed E-state index contributed by atoms with van der Waals surface area (Å²) in [5.41, 5.74) is 1.77. The van der Waals surface area contributed by atoms with E-state index < -0.39 is 17.7 Å². The number of hydrogen-bond acceptors (Lipinski definition) is 12. The molecule has 61 heavy (non-hydrogen) atoms. The van der Waals surface area contributed by atoms with Gasteiger partial charge >= 0.3 is 6.03 Å². The van der Waals surface area contributed by atoms with Gasteiger partial charge in [0, 0.05) is 76.9 Å². The number of nitriles is 1. The number of halogens is 2. The van der Waals surface area contributed by atoms with Gasteiger partial charge in [0.25, 0.3) is 5.56 Å². The van der Waals surface area contributed by atoms with E-state index >= 15 is 0 Å². The largest absolute Gasteiger partial charge is 0.453 e. The molecule has 2 aromatic heterocycles. The second-order valence-electron chi connectivity index (χ2n) is 15.7. The maximum Gasteiger partial charge on any atom is 0.329 e. The summed E-state index contributed by atoms with van der Waals surface area (Å²) in [4.78, 5) is 43.4. The predicted octanol–water partition coefficient (Wildman–Crippen LogP) is 7.01. The Bertz CT molecular complexity index is 2510. The molecule has 322 valence electrons. The SMILES string of the molecule is C1CCC(N2CC3(CCCO3)C2)CC1.CCN(C)SNc1ccc(F)c(Oc2ccc3ncn(C)c(=O)c3c2)c1C#N.Cn1nc(N2CCC(=O)NC2=O)c2cc(F)ccc21. The normalized spacial score (nSPS) is 17.6. The molecule has 0 unspecified atom stereocenters. The van der Waals surface area contributed by atoms with Crippen LogP contribution in [0.1, 0.15) is 63.9 Å². The molecule has 0 bridgehead atoms. The number of benzene rings is 3. The zero-order valence-electron chi connectivity index (χ0n) is 34.7. The first-order valence-electron chi connectivity index (χ1n) is 20.5. The van der Waals surface area contributed by atoms with Gasteiger partial charge in [-0.25, -0.2) is 22.9 Å². The van der Waals surface area contributed by atoms with Crippen molar-refractivity contribution in [3.8, 4) is 17.6 Å². The lowest BCUT2D eigenvalue weighted by Gasteiger charge is -2.51. The van der Waals surface area contributed by atoms with Crippen LogP contribution in [-0.4, -0.2) is 92.0 Å². The molecule has 0 atom stereocenters. The third-order valence-electron chi connectivity index (χ3n) is 11.4. The monoisotopic (exact) mass is 856 g/mol. The summed E-state index contributed by atoms with van der Waals surface area (Å²) in [6.07, 6.45) is 11.5. The summed E-state index contributed by atoms with van der Waals surface area (Å²) in [7, 11) is 5.20. The van der Waals surface area contributed by atoms with Crippen LogP contribution in [0.3, 0.4) is 0 Å². The lowest BCUT2D eigenvalue weighted by Crippen LogP contribution is -2.64. The number of anilines is 2. The summed E-state index contributed by atoms with van der Waals surface area (Å²) in [5.74, 6) is -0.976. The molecule has 9 rings (SSSR count). The molecule has 3 aliphatic heterocycles. The smallest absolute Gasteiger partial charge is 0.329 e. The third-order valence-corrected chi connectivity index (χ3v) is 12.3. The van der Waals surface area contributed by atoms with Crippen molar-refractivity contribution in [3.05, 3.63) is 82.4 Å². The first-order valence-corrected chi connectivity index (χ1v) is 21.3. The number of imide groups is 1. The minimum atomic E-state index is -0.671. The van der Waals surface area contributed by atoms with E-state index in [4.69, 9.17) is 9.47 Å². The number of aromatic nitrogens is 4. The van der Waals surface area contributed by atoms with E-state index in [2.05, 4.69) is 25.0 Å². The van der Waals surface area contributed by atoms with Gasteiger partial charge in [-0.3, -0.25) is 29.4 Å². The van der Waals surface area contributed by atoms with Crippen molar-refractivity contribution < 1.29 is 27.8 Å². The molecule has 1 saturated carbocycles. The molecule has 5 aromatic rings. The van der Waals surface area contributed by atoms with E-state index in [1.807, 2.05) is 24.3 Å². The van der Waals surface area contributed by atoms with Crippen LogP contribution in [0.25, 0.3) is 21.8 Å². The molecular formula is C43H50F2N10O5S. The van der Waals surface area contributed by atoms with Crippen LogP contribution >= 0.6 is 12.1 Å². The Hall–Kier alpha value is -5.61. The average molecular weight is 857 g/mol. The van der Waals surface area contributed by atoms with Gasteiger partial charge in [0.2, 0.25) is 5.91 Å². The number of carbonyl (C=O) groups excluding carboxylic acids is 2. The standard InChI is InChI=1S/C19H18FN5O2S.C12H11FN4O2.C12H21NO/c1-4-25(3)28-23-17-8-6-15(20)18(14(17)10-21)27-12-5-7-16-13(9-12)19(26)24(2)11-22-16;1-16-9-3-2-7(13)6-8(9)11(15-16)17-5-4-10(18)14-12(17)19;1-2-5-11(6-3-1)13-9-12(10-13)7-4-8-14-12/h5-9,11,23H,4H2,1-3H3;2-3,6H,4-5H2,1H3,(H,14,18,19);11H,1-10H2. The fourth-order valence-electron chi connectivity index (χ4n) is 8.00. The van der Waals surface area contributed by atoms with Crippen molar-refractivity contribution in [1.29, 1.82) is 5.26 Å². The second kappa shape index (κ2) is 19.0. The van der Waals surface area contributed by atoms with Crippen molar-refractivity contribution in [3.63, 3.8) is 0 Å². The molecule has 3 saturated heterocycles. The van der Waals surface area contributed by atoms with Crippen LogP contribution in [0.5, 0.6) is 11.5 Å². The Morgan fingerprint density at radius 3 is 2.54 bits per heavy atom. The molecule has 0 radical (unpaired) electrons. The molecule has 3 aromatic carbocycles. The van der Waals surface area contributed by atoms with E-state index in [-0.39, 0.29) is 41.5 Å². The van der Waals surface area contributed by atoms with Gasteiger partial charge in [-0.15, -0.1) is 0 Å². The van der Waals surface area contributed by atoms with Gasteiger partial charge in [0.15, 0.2) is 17.4 Å². The number of rotatable bonds is 8. The number of ether oxygens (including phenoxy) is 2. The van der Waals surface area contributed by atoms with Crippen LogP contribution in [0.15, 0.2) is 59.7 Å². The fraction of sp³-hybridized carbons (Fsp3) is 0.442. The van der Waals surface area contributed by atoms with E-state index in [0.717, 1.165) is 24.7 Å². The highest BCUT2D eigenvalue weighted by atomic mass is 32.2. The minimum absolute atomic E-state index is 0.0381. The molecule has 3 amide bonds. The number of hydrogen-bond donors (Lipinski definition) is 2. The molecule has 2 N–H and O–H groups in total. The molecule has 1 aliphatic carbocycles. The van der Waals surface area contributed by atoms with E-state index in [1.165, 1.54) is 116 Å². The molecule has 18 heteroatoms. The van der Waals surface area contributed by atoms with Gasteiger partial charge in [-0.1, -0.05) is 26.2 Å². The molecule has 4 fully saturated rings. The number of nitrogens with one attached hydrogen (secondary N) is 2. The highest BCUT2D eigenvalue weighted by molar-refractivity contribution is 7.98. The Balaban J connectivity index is 0.000000147. The number of aryl methyl sites for hydroxylation is 2. The number of carbonyl (C=O) groups is 2. The maximum atomic E-state index is 14.4. The number of fused-ring (bicyclic) bond motifs is 2. The fourth-order valence-corrected chi connectivity index (χ4v) is 8.56. The Morgan fingerprint density at radius 1 is 1.05 bits per heavy atom. The quantitative estimate of drug-likeness (QED) is 0.154. The first-order chi connectivity index (χ1) is 29.4. The number of amides is 3. The van der Waals surface area contributed by atoms with E-state index in [9.17, 15) is 28.4 Å². The minimum Gasteiger partial charge on any atom is -0.453 e. The van der Waals surface area contributed by atoms with Gasteiger partial charge < -0.3 is 18.8 Å². The van der Waals surface area contributed by atoms with Crippen molar-refractivity contribution in [2.75, 3.05) is 49.5 Å². The molecular weight excluding hydrogens is 807 g/mol. The van der Waals surface area contributed by atoms with Crippen LogP contribution in [-0.2, 0) is 23.6 Å². The molecule has 4 aliphatic rings. The summed E-state index contributed by atoms with van der Waals surface area (Å²) < 4.78 is 47.2. The van der Waals surface area contributed by atoms with Crippen molar-refractivity contribution >= 4 is 57.4 Å². The van der Waals surface area contributed by atoms with Crippen LogP contribution in [0.2, 0.25) is 0 Å². The lowest BCUT2D eigenvalue weighted by molar-refractivity contribution is -0.130.